The van der Waals surface area contributed by atoms with Gasteiger partial charge in [-0.3, -0.25) is 4.79 Å². The first-order chi connectivity index (χ1) is 9.54. The molecular weight excluding hydrogens is 384 g/mol. The summed E-state index contributed by atoms with van der Waals surface area (Å²) in [6.07, 6.45) is 0. The molecule has 3 nitrogen and oxygen atoms in total. The van der Waals surface area contributed by atoms with Gasteiger partial charge in [-0.2, -0.15) is 0 Å². The largest absolute Gasteiger partial charge is 0.375 e. The highest BCUT2D eigenvalue weighted by Crippen LogP contribution is 2.23. The van der Waals surface area contributed by atoms with E-state index in [0.717, 1.165) is 25.9 Å². The van der Waals surface area contributed by atoms with Crippen LogP contribution in [-0.4, -0.2) is 12.5 Å². The molecule has 2 aromatic rings. The Bertz CT molecular complexity index is 612. The number of rotatable bonds is 4. The Kier molecular flexibility index (Phi) is 5.20. The predicted octanol–water partition coefficient (Wildman–Crippen LogP) is 4.57. The second-order valence-electron chi connectivity index (χ2n) is 4.39. The van der Waals surface area contributed by atoms with Crippen molar-refractivity contribution in [3.8, 4) is 0 Å². The van der Waals surface area contributed by atoms with Crippen LogP contribution in [0.4, 0.5) is 11.4 Å². The van der Waals surface area contributed by atoms with Crippen LogP contribution in [0.15, 0.2) is 51.4 Å². The van der Waals surface area contributed by atoms with E-state index in [1.54, 1.807) is 0 Å². The fourth-order valence-electron chi connectivity index (χ4n) is 1.69. The maximum absolute atomic E-state index is 11.9. The van der Waals surface area contributed by atoms with Crippen molar-refractivity contribution in [1.29, 1.82) is 0 Å². The zero-order chi connectivity index (χ0) is 14.5. The number of nitrogens with one attached hydrogen (secondary N) is 2. The van der Waals surface area contributed by atoms with Crippen molar-refractivity contribution < 1.29 is 4.79 Å². The van der Waals surface area contributed by atoms with E-state index in [9.17, 15) is 4.79 Å². The monoisotopic (exact) mass is 396 g/mol. The molecule has 0 saturated carbocycles. The average molecular weight is 398 g/mol. The van der Waals surface area contributed by atoms with Gasteiger partial charge in [-0.05, 0) is 64.8 Å². The van der Waals surface area contributed by atoms with Gasteiger partial charge in [-0.25, -0.2) is 0 Å². The Labute approximate surface area is 135 Å². The van der Waals surface area contributed by atoms with Crippen LogP contribution in [0.25, 0.3) is 0 Å². The molecule has 2 aromatic carbocycles. The molecule has 2 rings (SSSR count). The SMILES string of the molecule is Cc1ccc(Br)c(NCC(=O)Nc2ccc(Br)cc2)c1. The van der Waals surface area contributed by atoms with Gasteiger partial charge < -0.3 is 10.6 Å². The molecule has 0 heterocycles. The van der Waals surface area contributed by atoms with Gasteiger partial charge in [-0.1, -0.05) is 22.0 Å². The number of aryl methyl sites for hydroxylation is 1. The molecule has 0 radical (unpaired) electrons. The molecule has 0 fully saturated rings. The summed E-state index contributed by atoms with van der Waals surface area (Å²) >= 11 is 6.81. The van der Waals surface area contributed by atoms with Crippen LogP contribution in [0.5, 0.6) is 0 Å². The van der Waals surface area contributed by atoms with Gasteiger partial charge in [0.15, 0.2) is 0 Å². The summed E-state index contributed by atoms with van der Waals surface area (Å²) in [7, 11) is 0. The van der Waals surface area contributed by atoms with Crippen LogP contribution in [0, 0.1) is 6.92 Å². The van der Waals surface area contributed by atoms with Gasteiger partial charge in [0.25, 0.3) is 0 Å². The number of carbonyl (C=O) groups excluding carboxylic acids is 1. The molecule has 0 saturated heterocycles. The van der Waals surface area contributed by atoms with Crippen LogP contribution in [-0.2, 0) is 4.79 Å². The normalized spacial score (nSPS) is 10.2. The summed E-state index contributed by atoms with van der Waals surface area (Å²) in [6.45, 7) is 2.23. The zero-order valence-corrected chi connectivity index (χ0v) is 14.1. The summed E-state index contributed by atoms with van der Waals surface area (Å²) in [6, 6.07) is 13.5. The number of halogens is 2. The lowest BCUT2D eigenvalue weighted by atomic mass is 10.2. The van der Waals surface area contributed by atoms with Crippen molar-refractivity contribution in [2.75, 3.05) is 17.2 Å². The second-order valence-corrected chi connectivity index (χ2v) is 6.16. The standard InChI is InChI=1S/C15H14Br2N2O/c1-10-2-7-13(17)14(8-10)18-9-15(20)19-12-5-3-11(16)4-6-12/h2-8,18H,9H2,1H3,(H,19,20). The fraction of sp³-hybridized carbons (Fsp3) is 0.133. The molecule has 0 spiro atoms. The van der Waals surface area contributed by atoms with Crippen LogP contribution in [0.1, 0.15) is 5.56 Å². The van der Waals surface area contributed by atoms with E-state index in [1.165, 1.54) is 0 Å². The van der Waals surface area contributed by atoms with Crippen molar-refractivity contribution in [2.24, 2.45) is 0 Å². The minimum atomic E-state index is -0.0827. The van der Waals surface area contributed by atoms with E-state index in [-0.39, 0.29) is 12.5 Å². The third kappa shape index (κ3) is 4.35. The van der Waals surface area contributed by atoms with Crippen LogP contribution in [0.3, 0.4) is 0 Å². The topological polar surface area (TPSA) is 41.1 Å². The molecule has 0 aliphatic carbocycles. The summed E-state index contributed by atoms with van der Waals surface area (Å²) in [5.41, 5.74) is 2.84. The number of hydrogen-bond acceptors (Lipinski definition) is 2. The molecule has 104 valence electrons. The summed E-state index contributed by atoms with van der Waals surface area (Å²) < 4.78 is 1.93. The number of amides is 1. The third-order valence-electron chi connectivity index (χ3n) is 2.69. The first-order valence-corrected chi connectivity index (χ1v) is 7.68. The van der Waals surface area contributed by atoms with Crippen molar-refractivity contribution in [1.82, 2.24) is 0 Å². The van der Waals surface area contributed by atoms with E-state index < -0.39 is 0 Å². The Balaban J connectivity index is 1.92. The van der Waals surface area contributed by atoms with Crippen LogP contribution >= 0.6 is 31.9 Å². The molecule has 5 heteroatoms. The molecule has 0 aliphatic heterocycles. The molecule has 2 N–H and O–H groups in total. The van der Waals surface area contributed by atoms with Crippen molar-refractivity contribution in [3.05, 3.63) is 57.0 Å². The molecule has 0 atom stereocenters. The smallest absolute Gasteiger partial charge is 0.243 e. The Morgan fingerprint density at radius 2 is 1.80 bits per heavy atom. The van der Waals surface area contributed by atoms with Gasteiger partial charge in [-0.15, -0.1) is 0 Å². The lowest BCUT2D eigenvalue weighted by Gasteiger charge is -2.10. The van der Waals surface area contributed by atoms with Gasteiger partial charge in [0.1, 0.15) is 0 Å². The molecule has 20 heavy (non-hydrogen) atoms. The summed E-state index contributed by atoms with van der Waals surface area (Å²) in [4.78, 5) is 11.9. The molecule has 1 amide bonds. The van der Waals surface area contributed by atoms with E-state index in [4.69, 9.17) is 0 Å². The zero-order valence-electron chi connectivity index (χ0n) is 10.9. The summed E-state index contributed by atoms with van der Waals surface area (Å²) in [5, 5.41) is 5.95. The lowest BCUT2D eigenvalue weighted by molar-refractivity contribution is -0.114. The van der Waals surface area contributed by atoms with Gasteiger partial charge in [0.2, 0.25) is 5.91 Å². The highest BCUT2D eigenvalue weighted by atomic mass is 79.9. The minimum absolute atomic E-state index is 0.0827. The maximum atomic E-state index is 11.9. The number of hydrogen-bond donors (Lipinski definition) is 2. The first kappa shape index (κ1) is 15.1. The van der Waals surface area contributed by atoms with Gasteiger partial charge in [0.05, 0.1) is 6.54 Å². The Morgan fingerprint density at radius 1 is 1.10 bits per heavy atom. The van der Waals surface area contributed by atoms with E-state index in [0.29, 0.717) is 0 Å². The van der Waals surface area contributed by atoms with Gasteiger partial charge in [0, 0.05) is 20.3 Å². The molecule has 0 aromatic heterocycles. The molecule has 0 aliphatic rings. The predicted molar refractivity (Wildman–Crippen MR) is 90.1 cm³/mol. The van der Waals surface area contributed by atoms with Crippen molar-refractivity contribution in [3.63, 3.8) is 0 Å². The highest BCUT2D eigenvalue weighted by molar-refractivity contribution is 9.10. The molecule has 0 unspecified atom stereocenters. The second kappa shape index (κ2) is 6.90. The highest BCUT2D eigenvalue weighted by Gasteiger charge is 2.04. The Morgan fingerprint density at radius 3 is 2.50 bits per heavy atom. The number of benzene rings is 2. The quantitative estimate of drug-likeness (QED) is 0.793. The maximum Gasteiger partial charge on any atom is 0.243 e. The molecule has 0 bridgehead atoms. The van der Waals surface area contributed by atoms with E-state index in [2.05, 4.69) is 42.5 Å². The minimum Gasteiger partial charge on any atom is -0.375 e. The number of anilines is 2. The van der Waals surface area contributed by atoms with Gasteiger partial charge >= 0.3 is 0 Å². The molecular formula is C15H14Br2N2O. The summed E-state index contributed by atoms with van der Waals surface area (Å²) in [5.74, 6) is -0.0827. The average Bonchev–Trinajstić information content (AvgIpc) is 2.42. The lowest BCUT2D eigenvalue weighted by Crippen LogP contribution is -2.21. The fourth-order valence-corrected chi connectivity index (χ4v) is 2.34. The number of carbonyl (C=O) groups is 1. The van der Waals surface area contributed by atoms with Crippen LogP contribution in [0.2, 0.25) is 0 Å². The van der Waals surface area contributed by atoms with Crippen LogP contribution < -0.4 is 10.6 Å². The van der Waals surface area contributed by atoms with E-state index >= 15 is 0 Å². The first-order valence-electron chi connectivity index (χ1n) is 6.10. The van der Waals surface area contributed by atoms with Crippen molar-refractivity contribution in [2.45, 2.75) is 6.92 Å². The third-order valence-corrected chi connectivity index (χ3v) is 3.91. The van der Waals surface area contributed by atoms with E-state index in [1.807, 2.05) is 49.4 Å². The van der Waals surface area contributed by atoms with Crippen molar-refractivity contribution >= 4 is 49.1 Å². The Hall–Kier alpha value is -1.33.